The third-order valence-corrected chi connectivity index (χ3v) is 8.50. The van der Waals surface area contributed by atoms with Gasteiger partial charge in [-0.3, -0.25) is 4.79 Å². The molecule has 0 saturated heterocycles. The van der Waals surface area contributed by atoms with Crippen LogP contribution in [-0.4, -0.2) is 5.97 Å². The van der Waals surface area contributed by atoms with E-state index < -0.39 is 0 Å². The topological polar surface area (TPSA) is 26.3 Å². The number of ether oxygens (including phenoxy) is 1. The van der Waals surface area contributed by atoms with Crippen molar-refractivity contribution in [1.29, 1.82) is 0 Å². The average molecular weight is 453 g/mol. The summed E-state index contributed by atoms with van der Waals surface area (Å²) in [6.45, 7) is 8.59. The first-order valence-electron chi connectivity index (χ1n) is 14.1. The molecule has 33 heavy (non-hydrogen) atoms. The first kappa shape index (κ1) is 26.0. The van der Waals surface area contributed by atoms with E-state index in [0.29, 0.717) is 11.7 Å². The van der Waals surface area contributed by atoms with E-state index in [2.05, 4.69) is 38.6 Å². The van der Waals surface area contributed by atoms with Gasteiger partial charge in [-0.05, 0) is 86.3 Å². The third kappa shape index (κ3) is 8.01. The van der Waals surface area contributed by atoms with Crippen molar-refractivity contribution in [3.63, 3.8) is 0 Å². The van der Waals surface area contributed by atoms with Crippen LogP contribution in [0.1, 0.15) is 122 Å². The van der Waals surface area contributed by atoms with Crippen molar-refractivity contribution in [1.82, 2.24) is 0 Å². The Hall–Kier alpha value is -1.57. The van der Waals surface area contributed by atoms with E-state index in [4.69, 9.17) is 4.74 Å². The fourth-order valence-electron chi connectivity index (χ4n) is 6.42. The monoisotopic (exact) mass is 452 g/mol. The summed E-state index contributed by atoms with van der Waals surface area (Å²) in [7, 11) is 0. The van der Waals surface area contributed by atoms with E-state index >= 15 is 0 Å². The summed E-state index contributed by atoms with van der Waals surface area (Å²) in [6, 6.07) is 8.43. The van der Waals surface area contributed by atoms with E-state index in [1.165, 1.54) is 82.6 Å². The van der Waals surface area contributed by atoms with E-state index in [0.717, 1.165) is 37.0 Å². The van der Waals surface area contributed by atoms with Crippen molar-refractivity contribution in [2.75, 3.05) is 0 Å². The minimum Gasteiger partial charge on any atom is -0.426 e. The van der Waals surface area contributed by atoms with Crippen molar-refractivity contribution in [2.24, 2.45) is 23.7 Å². The average Bonchev–Trinajstić information content (AvgIpc) is 2.84. The van der Waals surface area contributed by atoms with Gasteiger partial charge in [0, 0.05) is 0 Å². The van der Waals surface area contributed by atoms with Crippen molar-refractivity contribution >= 4 is 5.97 Å². The van der Waals surface area contributed by atoms with Gasteiger partial charge in [0.05, 0.1) is 5.92 Å². The van der Waals surface area contributed by atoms with Crippen LogP contribution < -0.4 is 4.74 Å². The maximum absolute atomic E-state index is 12.7. The second-order valence-corrected chi connectivity index (χ2v) is 10.9. The molecule has 2 aliphatic rings. The minimum absolute atomic E-state index is 0.0262. The zero-order valence-corrected chi connectivity index (χ0v) is 21.4. The Morgan fingerprint density at radius 3 is 2.15 bits per heavy atom. The molecule has 2 saturated carbocycles. The molecular formula is C31H48O2. The van der Waals surface area contributed by atoms with Crippen LogP contribution in [0.25, 0.3) is 0 Å². The highest BCUT2D eigenvalue weighted by molar-refractivity contribution is 5.75. The summed E-state index contributed by atoms with van der Waals surface area (Å²) in [5, 5.41) is 0. The molecule has 184 valence electrons. The Morgan fingerprint density at radius 2 is 1.55 bits per heavy atom. The Labute approximate surface area is 203 Å². The molecule has 0 heterocycles. The number of carbonyl (C=O) groups excluding carboxylic acids is 1. The molecule has 0 bridgehead atoms. The fraction of sp³-hybridized carbons (Fsp3) is 0.710. The molecule has 0 aliphatic heterocycles. The largest absolute Gasteiger partial charge is 0.426 e. The molecule has 0 spiro atoms. The summed E-state index contributed by atoms with van der Waals surface area (Å²) in [5.74, 6) is 3.80. The van der Waals surface area contributed by atoms with Crippen LogP contribution in [0.3, 0.4) is 0 Å². The molecule has 2 aliphatic carbocycles. The van der Waals surface area contributed by atoms with Gasteiger partial charge < -0.3 is 4.74 Å². The Bertz CT molecular complexity index is 690. The van der Waals surface area contributed by atoms with Gasteiger partial charge in [0.15, 0.2) is 0 Å². The summed E-state index contributed by atoms with van der Waals surface area (Å²) in [4.78, 5) is 12.7. The van der Waals surface area contributed by atoms with Crippen LogP contribution in [0.5, 0.6) is 5.75 Å². The molecule has 0 amide bonds. The van der Waals surface area contributed by atoms with Crippen LogP contribution in [0.2, 0.25) is 0 Å². The molecule has 1 atom stereocenters. The number of rotatable bonds is 12. The summed E-state index contributed by atoms with van der Waals surface area (Å²) in [6.07, 6.45) is 21.0. The smallest absolute Gasteiger partial charge is 0.314 e. The number of benzene rings is 1. The lowest BCUT2D eigenvalue weighted by molar-refractivity contribution is -0.140. The van der Waals surface area contributed by atoms with Crippen LogP contribution in [0.15, 0.2) is 36.9 Å². The first-order chi connectivity index (χ1) is 16.1. The summed E-state index contributed by atoms with van der Waals surface area (Å²) >= 11 is 0. The van der Waals surface area contributed by atoms with Gasteiger partial charge in [-0.25, -0.2) is 0 Å². The fourth-order valence-corrected chi connectivity index (χ4v) is 6.42. The van der Waals surface area contributed by atoms with Gasteiger partial charge in [0.1, 0.15) is 5.75 Å². The SMILES string of the molecule is C=CCC(c1ccc(OC(=O)C2CCC(CCC)CC2)cc1)C1CCC(CCCCC)CC1. The number of esters is 1. The van der Waals surface area contributed by atoms with Crippen LogP contribution in [0, 0.1) is 23.7 Å². The normalized spacial score (nSPS) is 26.5. The molecule has 0 radical (unpaired) electrons. The highest BCUT2D eigenvalue weighted by Crippen LogP contribution is 2.42. The second kappa shape index (κ2) is 14.0. The first-order valence-corrected chi connectivity index (χ1v) is 14.1. The summed E-state index contributed by atoms with van der Waals surface area (Å²) in [5.41, 5.74) is 1.38. The highest BCUT2D eigenvalue weighted by atomic mass is 16.5. The Kier molecular flexibility index (Phi) is 11.0. The molecule has 0 N–H and O–H groups in total. The van der Waals surface area contributed by atoms with Gasteiger partial charge in [-0.2, -0.15) is 0 Å². The molecule has 1 aromatic rings. The maximum Gasteiger partial charge on any atom is 0.314 e. The minimum atomic E-state index is -0.0262. The zero-order valence-electron chi connectivity index (χ0n) is 21.4. The Balaban J connectivity index is 1.51. The van der Waals surface area contributed by atoms with E-state index in [-0.39, 0.29) is 11.9 Å². The highest BCUT2D eigenvalue weighted by Gasteiger charge is 2.29. The van der Waals surface area contributed by atoms with Crippen molar-refractivity contribution in [3.05, 3.63) is 42.5 Å². The second-order valence-electron chi connectivity index (χ2n) is 10.9. The molecule has 2 fully saturated rings. The number of unbranched alkanes of at least 4 members (excludes halogenated alkanes) is 2. The predicted octanol–water partition coefficient (Wildman–Crippen LogP) is 9.24. The van der Waals surface area contributed by atoms with Crippen molar-refractivity contribution < 1.29 is 9.53 Å². The lowest BCUT2D eigenvalue weighted by Gasteiger charge is -2.34. The van der Waals surface area contributed by atoms with Crippen LogP contribution in [0.4, 0.5) is 0 Å². The van der Waals surface area contributed by atoms with Gasteiger partial charge in [0.2, 0.25) is 0 Å². The molecule has 1 unspecified atom stereocenters. The standard InChI is InChI=1S/C31H48O2/c1-4-7-8-11-25-12-16-26(17-13-25)30(10-6-3)27-20-22-29(23-21-27)33-31(32)28-18-14-24(9-5-2)15-19-28/h6,20-26,28,30H,3-5,7-19H2,1-2H3. The van der Waals surface area contributed by atoms with Gasteiger partial charge in [-0.15, -0.1) is 6.58 Å². The number of allylic oxidation sites excluding steroid dienone is 1. The quantitative estimate of drug-likeness (QED) is 0.137. The molecule has 2 nitrogen and oxygen atoms in total. The maximum atomic E-state index is 12.7. The number of carbonyl (C=O) groups is 1. The lowest BCUT2D eigenvalue weighted by Crippen LogP contribution is -2.25. The number of hydrogen-bond donors (Lipinski definition) is 0. The third-order valence-electron chi connectivity index (χ3n) is 8.50. The molecule has 0 aromatic heterocycles. The van der Waals surface area contributed by atoms with E-state index in [1.807, 2.05) is 12.1 Å². The molecule has 1 aromatic carbocycles. The zero-order chi connectivity index (χ0) is 23.5. The van der Waals surface area contributed by atoms with Gasteiger partial charge in [-0.1, -0.05) is 83.4 Å². The van der Waals surface area contributed by atoms with Crippen LogP contribution in [-0.2, 0) is 4.79 Å². The molecule has 2 heteroatoms. The van der Waals surface area contributed by atoms with E-state index in [9.17, 15) is 4.79 Å². The molecule has 3 rings (SSSR count). The summed E-state index contributed by atoms with van der Waals surface area (Å²) < 4.78 is 5.79. The Morgan fingerprint density at radius 1 is 0.909 bits per heavy atom. The number of hydrogen-bond acceptors (Lipinski definition) is 2. The van der Waals surface area contributed by atoms with Crippen LogP contribution >= 0.6 is 0 Å². The predicted molar refractivity (Wildman–Crippen MR) is 140 cm³/mol. The van der Waals surface area contributed by atoms with Crippen molar-refractivity contribution in [3.8, 4) is 5.75 Å². The lowest BCUT2D eigenvalue weighted by atomic mass is 9.71. The molecular weight excluding hydrogens is 404 g/mol. The van der Waals surface area contributed by atoms with E-state index in [1.54, 1.807) is 0 Å². The van der Waals surface area contributed by atoms with Gasteiger partial charge >= 0.3 is 5.97 Å². The van der Waals surface area contributed by atoms with Crippen molar-refractivity contribution in [2.45, 2.75) is 116 Å². The van der Waals surface area contributed by atoms with Gasteiger partial charge in [0.25, 0.3) is 0 Å².